The highest BCUT2D eigenvalue weighted by Crippen LogP contribution is 2.21. The lowest BCUT2D eigenvalue weighted by Crippen LogP contribution is -2.42. The van der Waals surface area contributed by atoms with Crippen LogP contribution in [0, 0.1) is 6.92 Å². The summed E-state index contributed by atoms with van der Waals surface area (Å²) in [6, 6.07) is 9.68. The number of carboxylic acids is 1. The van der Waals surface area contributed by atoms with E-state index in [1.807, 2.05) is 19.1 Å². The monoisotopic (exact) mass is 314 g/mol. The zero-order chi connectivity index (χ0) is 16.2. The number of carboxylic acid groups (broad SMARTS) is 1. The van der Waals surface area contributed by atoms with E-state index in [0.717, 1.165) is 49.5 Å². The molecule has 2 heterocycles. The summed E-state index contributed by atoms with van der Waals surface area (Å²) in [7, 11) is 0. The molecule has 2 aromatic rings. The summed E-state index contributed by atoms with van der Waals surface area (Å²) >= 11 is 0. The summed E-state index contributed by atoms with van der Waals surface area (Å²) in [4.78, 5) is 13.2. The van der Waals surface area contributed by atoms with Crippen LogP contribution >= 0.6 is 0 Å². The fourth-order valence-corrected chi connectivity index (χ4v) is 2.98. The Morgan fingerprint density at radius 1 is 1.30 bits per heavy atom. The van der Waals surface area contributed by atoms with Crippen molar-refractivity contribution >= 4 is 11.7 Å². The van der Waals surface area contributed by atoms with E-state index in [1.54, 1.807) is 18.4 Å². The number of nitrogens with zero attached hydrogens (tertiary/aromatic N) is 1. The maximum Gasteiger partial charge on any atom is 0.335 e. The van der Waals surface area contributed by atoms with Crippen LogP contribution in [0.2, 0.25) is 0 Å². The summed E-state index contributed by atoms with van der Waals surface area (Å²) < 4.78 is 5.46. The van der Waals surface area contributed by atoms with E-state index in [2.05, 4.69) is 16.3 Å². The number of aromatic carboxylic acids is 1. The number of rotatable bonds is 5. The minimum atomic E-state index is -0.882. The van der Waals surface area contributed by atoms with Gasteiger partial charge in [-0.15, -0.1) is 0 Å². The average molecular weight is 314 g/mol. The quantitative estimate of drug-likeness (QED) is 0.888. The standard InChI is InChI=1S/C18H22N2O3/c1-13-10-17(23-12-13)11-19-15-6-8-20(9-7-15)16-4-2-14(3-5-16)18(21)22/h2-5,10,12,15,19H,6-9,11H2,1H3,(H,21,22). The van der Waals surface area contributed by atoms with Crippen LogP contribution in [-0.2, 0) is 6.54 Å². The minimum Gasteiger partial charge on any atom is -0.478 e. The molecule has 0 spiro atoms. The Morgan fingerprint density at radius 3 is 2.57 bits per heavy atom. The summed E-state index contributed by atoms with van der Waals surface area (Å²) in [6.07, 6.45) is 3.92. The van der Waals surface area contributed by atoms with Gasteiger partial charge in [0.1, 0.15) is 5.76 Å². The SMILES string of the molecule is Cc1coc(CNC2CCN(c3ccc(C(=O)O)cc3)CC2)c1. The highest BCUT2D eigenvalue weighted by atomic mass is 16.4. The van der Waals surface area contributed by atoms with Gasteiger partial charge in [-0.2, -0.15) is 0 Å². The van der Waals surface area contributed by atoms with Gasteiger partial charge >= 0.3 is 5.97 Å². The van der Waals surface area contributed by atoms with Crippen molar-refractivity contribution < 1.29 is 14.3 Å². The number of anilines is 1. The van der Waals surface area contributed by atoms with Gasteiger partial charge in [-0.25, -0.2) is 4.79 Å². The zero-order valence-electron chi connectivity index (χ0n) is 13.3. The zero-order valence-corrected chi connectivity index (χ0v) is 13.3. The first kappa shape index (κ1) is 15.6. The molecule has 0 radical (unpaired) electrons. The van der Waals surface area contributed by atoms with Crippen LogP contribution in [-0.4, -0.2) is 30.2 Å². The molecule has 1 aliphatic heterocycles. The van der Waals surface area contributed by atoms with Gasteiger partial charge in [-0.3, -0.25) is 0 Å². The van der Waals surface area contributed by atoms with Crippen molar-refractivity contribution in [2.24, 2.45) is 0 Å². The number of furan rings is 1. The molecule has 0 unspecified atom stereocenters. The number of hydrogen-bond acceptors (Lipinski definition) is 4. The van der Waals surface area contributed by atoms with E-state index in [1.165, 1.54) is 0 Å². The third-order valence-corrected chi connectivity index (χ3v) is 4.32. The van der Waals surface area contributed by atoms with Crippen molar-refractivity contribution in [1.82, 2.24) is 5.32 Å². The Hall–Kier alpha value is -2.27. The second kappa shape index (κ2) is 6.87. The lowest BCUT2D eigenvalue weighted by molar-refractivity contribution is 0.0697. The van der Waals surface area contributed by atoms with Crippen molar-refractivity contribution in [2.45, 2.75) is 32.4 Å². The van der Waals surface area contributed by atoms with E-state index in [4.69, 9.17) is 9.52 Å². The molecule has 0 atom stereocenters. The molecule has 2 N–H and O–H groups in total. The van der Waals surface area contributed by atoms with Gasteiger partial charge in [0.2, 0.25) is 0 Å². The number of hydrogen-bond donors (Lipinski definition) is 2. The van der Waals surface area contributed by atoms with Crippen molar-refractivity contribution in [3.63, 3.8) is 0 Å². The third kappa shape index (κ3) is 3.93. The van der Waals surface area contributed by atoms with Crippen LogP contribution in [0.1, 0.15) is 34.5 Å². The molecule has 0 bridgehead atoms. The summed E-state index contributed by atoms with van der Waals surface area (Å²) in [5.41, 5.74) is 2.58. The molecular weight excluding hydrogens is 292 g/mol. The van der Waals surface area contributed by atoms with Crippen molar-refractivity contribution in [3.8, 4) is 0 Å². The first-order valence-corrected chi connectivity index (χ1v) is 7.97. The summed E-state index contributed by atoms with van der Waals surface area (Å²) in [5, 5.41) is 12.5. The largest absolute Gasteiger partial charge is 0.478 e. The van der Waals surface area contributed by atoms with Crippen molar-refractivity contribution in [3.05, 3.63) is 53.5 Å². The van der Waals surface area contributed by atoms with Crippen LogP contribution in [0.3, 0.4) is 0 Å². The molecule has 0 amide bonds. The molecule has 5 nitrogen and oxygen atoms in total. The van der Waals surface area contributed by atoms with Gasteiger partial charge in [-0.05, 0) is 55.7 Å². The fraction of sp³-hybridized carbons (Fsp3) is 0.389. The summed E-state index contributed by atoms with van der Waals surface area (Å²) in [5.74, 6) is 0.0989. The number of nitrogens with one attached hydrogen (secondary N) is 1. The number of carbonyl (C=O) groups is 1. The van der Waals surface area contributed by atoms with Crippen molar-refractivity contribution in [1.29, 1.82) is 0 Å². The molecule has 23 heavy (non-hydrogen) atoms. The number of aryl methyl sites for hydroxylation is 1. The minimum absolute atomic E-state index is 0.332. The maximum absolute atomic E-state index is 10.9. The topological polar surface area (TPSA) is 65.7 Å². The first-order valence-electron chi connectivity index (χ1n) is 7.97. The Labute approximate surface area is 135 Å². The highest BCUT2D eigenvalue weighted by Gasteiger charge is 2.19. The van der Waals surface area contributed by atoms with Gasteiger partial charge in [0.05, 0.1) is 18.4 Å². The molecule has 1 saturated heterocycles. The second-order valence-electron chi connectivity index (χ2n) is 6.08. The van der Waals surface area contributed by atoms with Crippen LogP contribution in [0.25, 0.3) is 0 Å². The van der Waals surface area contributed by atoms with Gasteiger partial charge in [0, 0.05) is 24.8 Å². The Morgan fingerprint density at radius 2 is 2.00 bits per heavy atom. The molecule has 0 aliphatic carbocycles. The molecule has 1 fully saturated rings. The van der Waals surface area contributed by atoms with Gasteiger partial charge in [0.25, 0.3) is 0 Å². The smallest absolute Gasteiger partial charge is 0.335 e. The Bertz CT molecular complexity index is 655. The van der Waals surface area contributed by atoms with Crippen LogP contribution < -0.4 is 10.2 Å². The summed E-state index contributed by atoms with van der Waals surface area (Å²) in [6.45, 7) is 4.75. The molecule has 122 valence electrons. The normalized spacial score (nSPS) is 15.8. The van der Waals surface area contributed by atoms with Gasteiger partial charge in [0.15, 0.2) is 0 Å². The second-order valence-corrected chi connectivity index (χ2v) is 6.08. The van der Waals surface area contributed by atoms with Gasteiger partial charge < -0.3 is 19.7 Å². The van der Waals surface area contributed by atoms with Crippen LogP contribution in [0.15, 0.2) is 41.0 Å². The lowest BCUT2D eigenvalue weighted by atomic mass is 10.0. The molecule has 1 aliphatic rings. The van der Waals surface area contributed by atoms with E-state index >= 15 is 0 Å². The van der Waals surface area contributed by atoms with E-state index in [-0.39, 0.29) is 0 Å². The van der Waals surface area contributed by atoms with E-state index in [0.29, 0.717) is 11.6 Å². The Balaban J connectivity index is 1.49. The molecule has 1 aromatic heterocycles. The average Bonchev–Trinajstić information content (AvgIpc) is 2.99. The highest BCUT2D eigenvalue weighted by molar-refractivity contribution is 5.88. The molecular formula is C18H22N2O3. The predicted octanol–water partition coefficient (Wildman–Crippen LogP) is 3.04. The van der Waals surface area contributed by atoms with E-state index in [9.17, 15) is 4.79 Å². The van der Waals surface area contributed by atoms with Gasteiger partial charge in [-0.1, -0.05) is 0 Å². The van der Waals surface area contributed by atoms with Crippen LogP contribution in [0.4, 0.5) is 5.69 Å². The number of benzene rings is 1. The number of piperidine rings is 1. The molecule has 3 rings (SSSR count). The predicted molar refractivity (Wildman–Crippen MR) is 88.9 cm³/mol. The van der Waals surface area contributed by atoms with Crippen molar-refractivity contribution in [2.75, 3.05) is 18.0 Å². The molecule has 5 heteroatoms. The lowest BCUT2D eigenvalue weighted by Gasteiger charge is -2.34. The fourth-order valence-electron chi connectivity index (χ4n) is 2.98. The molecule has 0 saturated carbocycles. The van der Waals surface area contributed by atoms with Crippen LogP contribution in [0.5, 0.6) is 0 Å². The molecule has 1 aromatic carbocycles. The maximum atomic E-state index is 10.9. The first-order chi connectivity index (χ1) is 11.1. The van der Waals surface area contributed by atoms with E-state index < -0.39 is 5.97 Å². The third-order valence-electron chi connectivity index (χ3n) is 4.32. The Kier molecular flexibility index (Phi) is 4.67.